The minimum absolute atomic E-state index is 0.00935. The predicted molar refractivity (Wildman–Crippen MR) is 117 cm³/mol. The van der Waals surface area contributed by atoms with E-state index in [0.29, 0.717) is 27.6 Å². The first kappa shape index (κ1) is 21.8. The molecule has 0 saturated heterocycles. The van der Waals surface area contributed by atoms with Crippen molar-refractivity contribution >= 4 is 35.1 Å². The molecular weight excluding hydrogens is 422 g/mol. The Morgan fingerprint density at radius 1 is 1.10 bits per heavy atom. The van der Waals surface area contributed by atoms with E-state index in [9.17, 15) is 14.9 Å². The number of hydrogen-bond acceptors (Lipinski definition) is 6. The van der Waals surface area contributed by atoms with Gasteiger partial charge in [0.1, 0.15) is 12.4 Å². The van der Waals surface area contributed by atoms with Gasteiger partial charge in [-0.3, -0.25) is 14.9 Å². The van der Waals surface area contributed by atoms with E-state index in [-0.39, 0.29) is 24.8 Å². The Balaban J connectivity index is 1.49. The molecule has 3 aromatic carbocycles. The number of hydrogen-bond donors (Lipinski definition) is 1. The van der Waals surface area contributed by atoms with Crippen molar-refractivity contribution in [2.75, 3.05) is 11.9 Å². The molecule has 0 fully saturated rings. The van der Waals surface area contributed by atoms with Gasteiger partial charge in [0.05, 0.1) is 16.2 Å². The number of carbonyl (C=O) groups excluding carboxylic acids is 1. The highest BCUT2D eigenvalue weighted by Gasteiger charge is 2.08. The summed E-state index contributed by atoms with van der Waals surface area (Å²) in [6.07, 6.45) is 1.45. The minimum atomic E-state index is -0.469. The number of nitrogens with zero attached hydrogens (tertiary/aromatic N) is 2. The monoisotopic (exact) mass is 439 g/mol. The fourth-order valence-electron chi connectivity index (χ4n) is 2.55. The third kappa shape index (κ3) is 6.83. The van der Waals surface area contributed by atoms with E-state index < -0.39 is 4.92 Å². The third-order valence-corrected chi connectivity index (χ3v) is 4.30. The summed E-state index contributed by atoms with van der Waals surface area (Å²) in [4.78, 5) is 27.5. The van der Waals surface area contributed by atoms with Crippen LogP contribution in [0.3, 0.4) is 0 Å². The second kappa shape index (κ2) is 10.7. The van der Waals surface area contributed by atoms with Crippen LogP contribution in [0.1, 0.15) is 11.1 Å². The van der Waals surface area contributed by atoms with Crippen molar-refractivity contribution in [2.24, 2.45) is 5.16 Å². The second-order valence-electron chi connectivity index (χ2n) is 6.33. The number of para-hydroxylation sites is 1. The molecule has 0 heterocycles. The maximum atomic E-state index is 12.0. The average molecular weight is 440 g/mol. The molecule has 0 unspecified atom stereocenters. The number of non-ortho nitro benzene ring substituents is 1. The van der Waals surface area contributed by atoms with Gasteiger partial charge in [-0.1, -0.05) is 47.1 Å². The molecule has 0 spiro atoms. The number of ether oxygens (including phenoxy) is 1. The van der Waals surface area contributed by atoms with Gasteiger partial charge in [0.2, 0.25) is 0 Å². The largest absolute Gasteiger partial charge is 0.482 e. The average Bonchev–Trinajstić information content (AvgIpc) is 2.77. The maximum Gasteiger partial charge on any atom is 0.269 e. The Kier molecular flexibility index (Phi) is 7.56. The molecule has 3 aromatic rings. The Morgan fingerprint density at radius 2 is 1.90 bits per heavy atom. The highest BCUT2D eigenvalue weighted by molar-refractivity contribution is 6.32. The van der Waals surface area contributed by atoms with Gasteiger partial charge >= 0.3 is 0 Å². The van der Waals surface area contributed by atoms with E-state index >= 15 is 0 Å². The van der Waals surface area contributed by atoms with Crippen LogP contribution in [0.4, 0.5) is 11.4 Å². The maximum absolute atomic E-state index is 12.0. The van der Waals surface area contributed by atoms with Crippen molar-refractivity contribution in [3.8, 4) is 5.75 Å². The molecule has 0 bridgehead atoms. The highest BCUT2D eigenvalue weighted by atomic mass is 35.5. The molecule has 31 heavy (non-hydrogen) atoms. The van der Waals surface area contributed by atoms with Crippen LogP contribution in [0.15, 0.2) is 78.0 Å². The molecule has 1 N–H and O–H groups in total. The van der Waals surface area contributed by atoms with Crippen LogP contribution in [0.25, 0.3) is 0 Å². The highest BCUT2D eigenvalue weighted by Crippen LogP contribution is 2.25. The quantitative estimate of drug-likeness (QED) is 0.292. The lowest BCUT2D eigenvalue weighted by Gasteiger charge is -2.09. The van der Waals surface area contributed by atoms with Gasteiger partial charge in [-0.2, -0.15) is 0 Å². The Morgan fingerprint density at radius 3 is 2.65 bits per heavy atom. The third-order valence-electron chi connectivity index (χ3n) is 4.00. The van der Waals surface area contributed by atoms with Gasteiger partial charge in [0.25, 0.3) is 11.6 Å². The molecule has 0 aliphatic heterocycles. The molecule has 1 amide bonds. The van der Waals surface area contributed by atoms with Crippen molar-refractivity contribution in [2.45, 2.75) is 6.61 Å². The van der Waals surface area contributed by atoms with E-state index in [1.165, 1.54) is 18.3 Å². The summed E-state index contributed by atoms with van der Waals surface area (Å²) in [7, 11) is 0. The number of nitrogens with one attached hydrogen (secondary N) is 1. The first-order chi connectivity index (χ1) is 15.0. The Labute approximate surface area is 183 Å². The topological polar surface area (TPSA) is 103 Å². The zero-order chi connectivity index (χ0) is 22.1. The van der Waals surface area contributed by atoms with Gasteiger partial charge in [-0.05, 0) is 41.5 Å². The van der Waals surface area contributed by atoms with E-state index in [4.69, 9.17) is 21.2 Å². The first-order valence-electron chi connectivity index (χ1n) is 9.17. The Hall–Kier alpha value is -3.91. The molecule has 3 rings (SSSR count). The number of nitro benzene ring substituents is 1. The van der Waals surface area contributed by atoms with E-state index in [1.807, 2.05) is 18.2 Å². The molecule has 158 valence electrons. The van der Waals surface area contributed by atoms with Crippen molar-refractivity contribution in [1.29, 1.82) is 0 Å². The SMILES string of the molecule is O=C(COc1ccc(/C=N\OCc2cccc([N+](=O)[O-])c2)cc1Cl)Nc1ccccc1. The summed E-state index contributed by atoms with van der Waals surface area (Å²) in [5, 5.41) is 17.7. The van der Waals surface area contributed by atoms with E-state index in [0.717, 1.165) is 0 Å². The van der Waals surface area contributed by atoms with Crippen molar-refractivity contribution < 1.29 is 19.3 Å². The number of nitro groups is 1. The summed E-state index contributed by atoms with van der Waals surface area (Å²) in [6, 6.07) is 20.1. The van der Waals surface area contributed by atoms with Crippen LogP contribution in [-0.2, 0) is 16.2 Å². The Bertz CT molecular complexity index is 1090. The number of benzene rings is 3. The molecule has 0 aliphatic rings. The van der Waals surface area contributed by atoms with Crippen molar-refractivity contribution in [1.82, 2.24) is 0 Å². The summed E-state index contributed by atoms with van der Waals surface area (Å²) in [6.45, 7) is -0.0992. The first-order valence-corrected chi connectivity index (χ1v) is 9.55. The molecule has 9 heteroatoms. The fourth-order valence-corrected chi connectivity index (χ4v) is 2.79. The number of amides is 1. The zero-order valence-corrected chi connectivity index (χ0v) is 17.0. The predicted octanol–water partition coefficient (Wildman–Crippen LogP) is 4.82. The summed E-state index contributed by atoms with van der Waals surface area (Å²) >= 11 is 6.21. The molecule has 0 aliphatic carbocycles. The second-order valence-corrected chi connectivity index (χ2v) is 6.73. The van der Waals surface area contributed by atoms with Gasteiger partial charge in [0.15, 0.2) is 6.61 Å². The standard InChI is InChI=1S/C22H18ClN3O5/c23-20-12-16(13-24-31-14-17-5-4-8-19(11-17)26(28)29)9-10-21(20)30-15-22(27)25-18-6-2-1-3-7-18/h1-13H,14-15H2,(H,25,27)/b24-13-. The lowest BCUT2D eigenvalue weighted by molar-refractivity contribution is -0.384. The normalized spacial score (nSPS) is 10.6. The van der Waals surface area contributed by atoms with Gasteiger partial charge in [0, 0.05) is 17.8 Å². The van der Waals surface area contributed by atoms with Crippen LogP contribution < -0.4 is 10.1 Å². The molecular formula is C22H18ClN3O5. The number of halogens is 1. The van der Waals surface area contributed by atoms with Gasteiger partial charge < -0.3 is 14.9 Å². The van der Waals surface area contributed by atoms with Crippen LogP contribution in [0.2, 0.25) is 5.02 Å². The smallest absolute Gasteiger partial charge is 0.269 e. The van der Waals surface area contributed by atoms with Gasteiger partial charge in [-0.15, -0.1) is 0 Å². The molecule has 8 nitrogen and oxygen atoms in total. The summed E-state index contributed by atoms with van der Waals surface area (Å²) in [5.41, 5.74) is 1.95. The van der Waals surface area contributed by atoms with Gasteiger partial charge in [-0.25, -0.2) is 0 Å². The lowest BCUT2D eigenvalue weighted by atomic mass is 10.2. The van der Waals surface area contributed by atoms with Crippen molar-refractivity contribution in [3.63, 3.8) is 0 Å². The number of anilines is 1. The molecule has 0 atom stereocenters. The molecule has 0 radical (unpaired) electrons. The van der Waals surface area contributed by atoms with Crippen LogP contribution in [0, 0.1) is 10.1 Å². The number of carbonyl (C=O) groups is 1. The number of oxime groups is 1. The zero-order valence-electron chi connectivity index (χ0n) is 16.2. The summed E-state index contributed by atoms with van der Waals surface area (Å²) < 4.78 is 5.46. The van der Waals surface area contributed by atoms with Crippen LogP contribution in [-0.4, -0.2) is 23.7 Å². The fraction of sp³-hybridized carbons (Fsp3) is 0.0909. The summed E-state index contributed by atoms with van der Waals surface area (Å²) in [5.74, 6) is 0.0574. The van der Waals surface area contributed by atoms with E-state index in [2.05, 4.69) is 10.5 Å². The van der Waals surface area contributed by atoms with E-state index in [1.54, 1.807) is 42.5 Å². The lowest BCUT2D eigenvalue weighted by Crippen LogP contribution is -2.20. The minimum Gasteiger partial charge on any atom is -0.482 e. The van der Waals surface area contributed by atoms with Crippen molar-refractivity contribution in [3.05, 3.63) is 99.1 Å². The van der Waals surface area contributed by atoms with Crippen LogP contribution >= 0.6 is 11.6 Å². The number of rotatable bonds is 9. The molecule has 0 aromatic heterocycles. The van der Waals surface area contributed by atoms with Crippen LogP contribution in [0.5, 0.6) is 5.75 Å². The molecule has 0 saturated carbocycles.